The zero-order valence-corrected chi connectivity index (χ0v) is 17.8. The van der Waals surface area contributed by atoms with Gasteiger partial charge >= 0.3 is 0 Å². The molecule has 0 spiro atoms. The average molecular weight is 412 g/mol. The van der Waals surface area contributed by atoms with Gasteiger partial charge in [-0.3, -0.25) is 9.78 Å². The van der Waals surface area contributed by atoms with E-state index in [1.54, 1.807) is 19.5 Å². The number of aromatic amines is 1. The van der Waals surface area contributed by atoms with Crippen LogP contribution in [-0.4, -0.2) is 34.4 Å². The number of H-pyrrole nitrogens is 1. The fourth-order valence-electron chi connectivity index (χ4n) is 4.71. The number of amides is 1. The van der Waals surface area contributed by atoms with E-state index in [1.165, 1.54) is 10.9 Å². The summed E-state index contributed by atoms with van der Waals surface area (Å²) in [6, 6.07) is 18.2. The summed E-state index contributed by atoms with van der Waals surface area (Å²) in [5.74, 6) is 0.959. The Morgan fingerprint density at radius 1 is 1.19 bits per heavy atom. The van der Waals surface area contributed by atoms with Crippen molar-refractivity contribution in [3.05, 3.63) is 94.9 Å². The van der Waals surface area contributed by atoms with E-state index in [2.05, 4.69) is 40.3 Å². The van der Waals surface area contributed by atoms with E-state index in [1.807, 2.05) is 36.1 Å². The lowest BCUT2D eigenvalue weighted by Crippen LogP contribution is -2.41. The maximum atomic E-state index is 13.4. The van der Waals surface area contributed by atoms with Gasteiger partial charge in [0.1, 0.15) is 5.75 Å². The second-order valence-corrected chi connectivity index (χ2v) is 8.07. The van der Waals surface area contributed by atoms with Gasteiger partial charge in [-0.25, -0.2) is 0 Å². The van der Waals surface area contributed by atoms with Gasteiger partial charge in [-0.2, -0.15) is 0 Å². The van der Waals surface area contributed by atoms with Crippen molar-refractivity contribution in [2.75, 3.05) is 13.7 Å². The minimum atomic E-state index is -0.162. The summed E-state index contributed by atoms with van der Waals surface area (Å²) in [4.78, 5) is 23.2. The molecule has 1 atom stereocenters. The van der Waals surface area contributed by atoms with Crippen LogP contribution in [0.2, 0.25) is 0 Å². The first-order chi connectivity index (χ1) is 15.2. The summed E-state index contributed by atoms with van der Waals surface area (Å²) in [5.41, 5.74) is 6.60. The molecule has 1 N–H and O–H groups in total. The van der Waals surface area contributed by atoms with Crippen LogP contribution in [0.3, 0.4) is 0 Å². The number of hydrogen-bond donors (Lipinski definition) is 1. The van der Waals surface area contributed by atoms with Crippen molar-refractivity contribution in [1.82, 2.24) is 14.9 Å². The van der Waals surface area contributed by atoms with Crippen LogP contribution in [0.15, 0.2) is 67.0 Å². The number of nitrogens with zero attached hydrogens (tertiary/aromatic N) is 2. The molecule has 1 aliphatic heterocycles. The van der Waals surface area contributed by atoms with Gasteiger partial charge in [-0.05, 0) is 59.9 Å². The van der Waals surface area contributed by atoms with Crippen LogP contribution in [0.25, 0.3) is 10.9 Å². The van der Waals surface area contributed by atoms with Gasteiger partial charge < -0.3 is 14.6 Å². The molecule has 1 unspecified atom stereocenters. The van der Waals surface area contributed by atoms with Crippen molar-refractivity contribution in [2.24, 2.45) is 0 Å². The van der Waals surface area contributed by atoms with Crippen LogP contribution in [0.5, 0.6) is 5.75 Å². The maximum absolute atomic E-state index is 13.4. The van der Waals surface area contributed by atoms with E-state index in [9.17, 15) is 4.79 Å². The first-order valence-corrected chi connectivity index (χ1v) is 10.6. The smallest absolute Gasteiger partial charge is 0.227 e. The number of fused-ring (bicyclic) bond motifs is 3. The molecular formula is C26H25N3O2. The summed E-state index contributed by atoms with van der Waals surface area (Å²) in [6.45, 7) is 2.72. The van der Waals surface area contributed by atoms with Crippen LogP contribution >= 0.6 is 0 Å². The third-order valence-electron chi connectivity index (χ3n) is 6.17. The molecular weight excluding hydrogens is 386 g/mol. The molecule has 31 heavy (non-hydrogen) atoms. The molecule has 0 radical (unpaired) electrons. The zero-order chi connectivity index (χ0) is 21.4. The summed E-state index contributed by atoms with van der Waals surface area (Å²) in [6.07, 6.45) is 4.68. The fourth-order valence-corrected chi connectivity index (χ4v) is 4.71. The molecule has 0 saturated carbocycles. The van der Waals surface area contributed by atoms with Gasteiger partial charge in [0.2, 0.25) is 5.91 Å². The molecule has 5 rings (SSSR count). The van der Waals surface area contributed by atoms with Crippen molar-refractivity contribution in [3.8, 4) is 5.75 Å². The molecule has 3 heterocycles. The number of rotatable bonds is 4. The average Bonchev–Trinajstić information content (AvgIpc) is 3.17. The van der Waals surface area contributed by atoms with Gasteiger partial charge in [-0.15, -0.1) is 0 Å². The van der Waals surface area contributed by atoms with Crippen molar-refractivity contribution in [2.45, 2.75) is 25.8 Å². The Morgan fingerprint density at radius 3 is 2.84 bits per heavy atom. The standard InChI is InChI=1S/C26H25N3O2/c1-17-14-19(9-10-23(17)31-2)26-25-21(20-7-3-4-8-22(20)28-25)11-13-29(26)24(30)15-18-6-5-12-27-16-18/h3-10,12,14,16,26,28H,11,13,15H2,1-2H3. The number of methoxy groups -OCH3 is 1. The number of carbonyl (C=O) groups is 1. The number of aromatic nitrogens is 2. The maximum Gasteiger partial charge on any atom is 0.227 e. The van der Waals surface area contributed by atoms with Crippen molar-refractivity contribution in [1.29, 1.82) is 0 Å². The van der Waals surface area contributed by atoms with E-state index in [0.717, 1.165) is 40.1 Å². The second-order valence-electron chi connectivity index (χ2n) is 8.07. The molecule has 5 heteroatoms. The monoisotopic (exact) mass is 411 g/mol. The summed E-state index contributed by atoms with van der Waals surface area (Å²) >= 11 is 0. The van der Waals surface area contributed by atoms with Crippen molar-refractivity contribution in [3.63, 3.8) is 0 Å². The quantitative estimate of drug-likeness (QED) is 0.534. The first kappa shape index (κ1) is 19.4. The highest BCUT2D eigenvalue weighted by atomic mass is 16.5. The Hall–Kier alpha value is -3.60. The predicted molar refractivity (Wildman–Crippen MR) is 121 cm³/mol. The van der Waals surface area contributed by atoms with E-state index < -0.39 is 0 Å². The molecule has 1 amide bonds. The Bertz CT molecular complexity index is 1250. The fraction of sp³-hybridized carbons (Fsp3) is 0.231. The number of para-hydroxylation sites is 1. The molecule has 4 aromatic rings. The van der Waals surface area contributed by atoms with Gasteiger partial charge in [0.05, 0.1) is 19.6 Å². The number of pyridine rings is 1. The van der Waals surface area contributed by atoms with Crippen molar-refractivity contribution >= 4 is 16.8 Å². The zero-order valence-electron chi connectivity index (χ0n) is 17.8. The summed E-state index contributed by atoms with van der Waals surface area (Å²) in [7, 11) is 1.68. The van der Waals surface area contributed by atoms with Crippen LogP contribution in [0.1, 0.15) is 34.0 Å². The Kier molecular flexibility index (Phi) is 4.94. The van der Waals surface area contributed by atoms with E-state index in [0.29, 0.717) is 13.0 Å². The number of benzene rings is 2. The number of hydrogen-bond acceptors (Lipinski definition) is 3. The van der Waals surface area contributed by atoms with Gasteiger partial charge in [-0.1, -0.05) is 30.3 Å². The molecule has 0 fully saturated rings. The van der Waals surface area contributed by atoms with Crippen LogP contribution in [0, 0.1) is 6.92 Å². The largest absolute Gasteiger partial charge is 0.496 e. The van der Waals surface area contributed by atoms with Crippen LogP contribution in [0.4, 0.5) is 0 Å². The summed E-state index contributed by atoms with van der Waals surface area (Å²) < 4.78 is 5.46. The topological polar surface area (TPSA) is 58.2 Å². The molecule has 1 aliphatic rings. The van der Waals surface area contributed by atoms with E-state index in [-0.39, 0.29) is 11.9 Å². The highest BCUT2D eigenvalue weighted by molar-refractivity contribution is 5.87. The highest BCUT2D eigenvalue weighted by Gasteiger charge is 2.34. The second kappa shape index (κ2) is 7.91. The van der Waals surface area contributed by atoms with Gasteiger partial charge in [0.25, 0.3) is 0 Å². The Labute approximate surface area is 181 Å². The van der Waals surface area contributed by atoms with Crippen LogP contribution in [-0.2, 0) is 17.6 Å². The SMILES string of the molecule is COc1ccc(C2c3[nH]c4ccccc4c3CCN2C(=O)Cc2cccnc2)cc1C. The highest BCUT2D eigenvalue weighted by Crippen LogP contribution is 2.39. The number of carbonyl (C=O) groups excluding carboxylic acids is 1. The van der Waals surface area contributed by atoms with Crippen LogP contribution < -0.4 is 4.74 Å². The van der Waals surface area contributed by atoms with Gasteiger partial charge in [0, 0.05) is 35.5 Å². The third-order valence-corrected chi connectivity index (χ3v) is 6.17. The predicted octanol–water partition coefficient (Wildman–Crippen LogP) is 4.60. The summed E-state index contributed by atoms with van der Waals surface area (Å²) in [5, 5.41) is 1.24. The minimum Gasteiger partial charge on any atom is -0.496 e. The van der Waals surface area contributed by atoms with Crippen molar-refractivity contribution < 1.29 is 9.53 Å². The molecule has 156 valence electrons. The number of nitrogens with one attached hydrogen (secondary N) is 1. The first-order valence-electron chi connectivity index (χ1n) is 10.6. The molecule has 5 nitrogen and oxygen atoms in total. The van der Waals surface area contributed by atoms with E-state index >= 15 is 0 Å². The Balaban J connectivity index is 1.60. The lowest BCUT2D eigenvalue weighted by atomic mass is 9.91. The molecule has 0 aliphatic carbocycles. The molecule has 0 bridgehead atoms. The van der Waals surface area contributed by atoms with E-state index in [4.69, 9.17) is 4.74 Å². The molecule has 2 aromatic heterocycles. The Morgan fingerprint density at radius 2 is 2.06 bits per heavy atom. The minimum absolute atomic E-state index is 0.107. The lowest BCUT2D eigenvalue weighted by Gasteiger charge is -2.36. The lowest BCUT2D eigenvalue weighted by molar-refractivity contribution is -0.132. The molecule has 0 saturated heterocycles. The third kappa shape index (κ3) is 3.46. The normalized spacial score (nSPS) is 15.7. The number of ether oxygens (including phenoxy) is 1. The van der Waals surface area contributed by atoms with Gasteiger partial charge in [0.15, 0.2) is 0 Å². The molecule has 2 aromatic carbocycles. The number of aryl methyl sites for hydroxylation is 1.